The van der Waals surface area contributed by atoms with Crippen molar-refractivity contribution in [1.82, 2.24) is 29.6 Å². The van der Waals surface area contributed by atoms with Crippen LogP contribution in [0.4, 0.5) is 4.79 Å². The molecule has 1 aromatic carbocycles. The molecule has 0 bridgehead atoms. The van der Waals surface area contributed by atoms with Crippen molar-refractivity contribution >= 4 is 6.09 Å². The maximum absolute atomic E-state index is 12.5. The summed E-state index contributed by atoms with van der Waals surface area (Å²) >= 11 is 0. The molecule has 1 aliphatic heterocycles. The average molecular weight is 497 g/mol. The van der Waals surface area contributed by atoms with Gasteiger partial charge in [0.1, 0.15) is 17.1 Å². The lowest BCUT2D eigenvalue weighted by Crippen LogP contribution is -2.39. The number of pyridine rings is 1. The normalized spacial score (nSPS) is 13.4. The number of carbonyl (C=O) groups is 1. The molecule has 0 spiro atoms. The minimum Gasteiger partial charge on any atom is -0.444 e. The lowest BCUT2D eigenvalue weighted by molar-refractivity contribution is 0.0224. The number of hydrogen-bond acceptors (Lipinski definition) is 6. The Kier molecular flexibility index (Phi) is 6.74. The maximum Gasteiger partial charge on any atom is 0.410 e. The molecule has 4 aromatic rings. The number of carbonyl (C=O) groups excluding carboxylic acids is 1. The highest BCUT2D eigenvalue weighted by atomic mass is 16.6. The van der Waals surface area contributed by atoms with Gasteiger partial charge < -0.3 is 9.64 Å². The van der Waals surface area contributed by atoms with Crippen molar-refractivity contribution in [3.63, 3.8) is 0 Å². The summed E-state index contributed by atoms with van der Waals surface area (Å²) in [5.74, 6) is 0.755. The second-order valence-electron chi connectivity index (χ2n) is 10.3. The van der Waals surface area contributed by atoms with Gasteiger partial charge in [0.05, 0.1) is 5.69 Å². The summed E-state index contributed by atoms with van der Waals surface area (Å²) in [6.07, 6.45) is 8.59. The molecular weight excluding hydrogens is 464 g/mol. The van der Waals surface area contributed by atoms with Gasteiger partial charge in [-0.3, -0.25) is 9.67 Å². The van der Waals surface area contributed by atoms with E-state index in [1.807, 2.05) is 62.2 Å². The van der Waals surface area contributed by atoms with Crippen molar-refractivity contribution < 1.29 is 9.53 Å². The summed E-state index contributed by atoms with van der Waals surface area (Å²) in [7, 11) is 0. The average Bonchev–Trinajstić information content (AvgIpc) is 3.33. The number of aryl methyl sites for hydroxylation is 1. The molecular formula is C29H32N6O2. The summed E-state index contributed by atoms with van der Waals surface area (Å²) < 4.78 is 7.47. The Morgan fingerprint density at radius 3 is 2.73 bits per heavy atom. The van der Waals surface area contributed by atoms with Gasteiger partial charge >= 0.3 is 6.09 Å². The second-order valence-corrected chi connectivity index (χ2v) is 10.3. The summed E-state index contributed by atoms with van der Waals surface area (Å²) in [5, 5.41) is 4.75. The van der Waals surface area contributed by atoms with Crippen LogP contribution in [0.25, 0.3) is 22.5 Å². The first kappa shape index (κ1) is 24.6. The highest BCUT2D eigenvalue weighted by Crippen LogP contribution is 2.30. The van der Waals surface area contributed by atoms with Crippen LogP contribution >= 0.6 is 0 Å². The fourth-order valence-corrected chi connectivity index (χ4v) is 4.50. The van der Waals surface area contributed by atoms with Gasteiger partial charge in [0.25, 0.3) is 0 Å². The molecule has 190 valence electrons. The number of aromatic nitrogens is 5. The van der Waals surface area contributed by atoms with Gasteiger partial charge in [-0.1, -0.05) is 18.2 Å². The molecule has 4 heterocycles. The number of ether oxygens (including phenoxy) is 1. The molecule has 1 aliphatic rings. The predicted octanol–water partition coefficient (Wildman–Crippen LogP) is 5.31. The number of rotatable bonds is 5. The minimum absolute atomic E-state index is 0.260. The van der Waals surface area contributed by atoms with Crippen LogP contribution in [0.3, 0.4) is 0 Å². The lowest BCUT2D eigenvalue weighted by Gasteiger charge is -2.31. The van der Waals surface area contributed by atoms with Gasteiger partial charge in [-0.05, 0) is 69.0 Å². The Morgan fingerprint density at radius 2 is 1.97 bits per heavy atom. The monoisotopic (exact) mass is 496 g/mol. The molecule has 8 heteroatoms. The standard InChI is InChI=1S/C29H32N6O2/c1-5-35-19-24(27(33-35)22-7-6-12-30-17-22)25-10-13-31-26(32-25)16-20-8-9-23-18-34(14-11-21(23)15-20)28(36)37-29(2,3)4/h6-10,12-13,15,17,19H,5,11,14,16,18H2,1-4H3. The number of benzene rings is 1. The van der Waals surface area contributed by atoms with E-state index in [4.69, 9.17) is 14.8 Å². The molecule has 0 fully saturated rings. The van der Waals surface area contributed by atoms with E-state index in [1.54, 1.807) is 11.1 Å². The number of fused-ring (bicyclic) bond motifs is 1. The third-order valence-electron chi connectivity index (χ3n) is 6.30. The van der Waals surface area contributed by atoms with Crippen LogP contribution in [0.5, 0.6) is 0 Å². The molecule has 37 heavy (non-hydrogen) atoms. The Bertz CT molecular complexity index is 1410. The van der Waals surface area contributed by atoms with E-state index in [-0.39, 0.29) is 6.09 Å². The topological polar surface area (TPSA) is 86.0 Å². The van der Waals surface area contributed by atoms with Crippen molar-refractivity contribution in [2.24, 2.45) is 0 Å². The van der Waals surface area contributed by atoms with Crippen LogP contribution in [0, 0.1) is 0 Å². The first-order valence-electron chi connectivity index (χ1n) is 12.7. The van der Waals surface area contributed by atoms with Crippen LogP contribution < -0.4 is 0 Å². The van der Waals surface area contributed by atoms with Crippen LogP contribution in [0.1, 0.15) is 50.2 Å². The zero-order valence-electron chi connectivity index (χ0n) is 21.8. The molecule has 0 N–H and O–H groups in total. The summed E-state index contributed by atoms with van der Waals surface area (Å²) in [4.78, 5) is 28.0. The first-order chi connectivity index (χ1) is 17.8. The van der Waals surface area contributed by atoms with E-state index in [2.05, 4.69) is 35.1 Å². The second kappa shape index (κ2) is 10.1. The fraction of sp³-hybridized carbons (Fsp3) is 0.345. The Labute approximate surface area is 217 Å². The van der Waals surface area contributed by atoms with Crippen molar-refractivity contribution in [2.75, 3.05) is 6.54 Å². The highest BCUT2D eigenvalue weighted by molar-refractivity contribution is 5.78. The van der Waals surface area contributed by atoms with Gasteiger partial charge in [-0.2, -0.15) is 5.10 Å². The van der Waals surface area contributed by atoms with Gasteiger partial charge in [0, 0.05) is 62.0 Å². The third kappa shape index (κ3) is 5.69. The number of hydrogen-bond donors (Lipinski definition) is 0. The van der Waals surface area contributed by atoms with Crippen LogP contribution in [0.2, 0.25) is 0 Å². The third-order valence-corrected chi connectivity index (χ3v) is 6.30. The van der Waals surface area contributed by atoms with Crippen LogP contribution in [0.15, 0.2) is 61.2 Å². The van der Waals surface area contributed by atoms with Crippen LogP contribution in [-0.2, 0) is 30.7 Å². The Morgan fingerprint density at radius 1 is 1.11 bits per heavy atom. The van der Waals surface area contributed by atoms with Crippen molar-refractivity contribution in [2.45, 2.75) is 59.2 Å². The molecule has 0 aliphatic carbocycles. The number of amides is 1. The van der Waals surface area contributed by atoms with Gasteiger partial charge in [-0.15, -0.1) is 0 Å². The molecule has 0 unspecified atom stereocenters. The van der Waals surface area contributed by atoms with E-state index in [0.29, 0.717) is 19.5 Å². The molecule has 8 nitrogen and oxygen atoms in total. The lowest BCUT2D eigenvalue weighted by atomic mass is 9.96. The molecule has 5 rings (SSSR count). The smallest absolute Gasteiger partial charge is 0.410 e. The molecule has 3 aromatic heterocycles. The van der Waals surface area contributed by atoms with Gasteiger partial charge in [-0.25, -0.2) is 14.8 Å². The van der Waals surface area contributed by atoms with E-state index >= 15 is 0 Å². The molecule has 0 saturated heterocycles. The Balaban J connectivity index is 1.35. The molecule has 1 amide bonds. The zero-order valence-corrected chi connectivity index (χ0v) is 21.8. The zero-order chi connectivity index (χ0) is 26.0. The molecule has 0 saturated carbocycles. The van der Waals surface area contributed by atoms with Crippen molar-refractivity contribution in [1.29, 1.82) is 0 Å². The fourth-order valence-electron chi connectivity index (χ4n) is 4.50. The van der Waals surface area contributed by atoms with Crippen molar-refractivity contribution in [3.05, 3.63) is 83.7 Å². The van der Waals surface area contributed by atoms with E-state index in [0.717, 1.165) is 52.4 Å². The van der Waals surface area contributed by atoms with Gasteiger partial charge in [0.2, 0.25) is 0 Å². The number of nitrogens with zero attached hydrogens (tertiary/aromatic N) is 6. The first-order valence-corrected chi connectivity index (χ1v) is 12.7. The van der Waals surface area contributed by atoms with E-state index in [1.165, 1.54) is 5.56 Å². The summed E-state index contributed by atoms with van der Waals surface area (Å²) in [6.45, 7) is 9.72. The summed E-state index contributed by atoms with van der Waals surface area (Å²) in [5.41, 5.74) is 6.70. The van der Waals surface area contributed by atoms with Crippen molar-refractivity contribution in [3.8, 4) is 22.5 Å². The largest absolute Gasteiger partial charge is 0.444 e. The SMILES string of the molecule is CCn1cc(-c2ccnc(Cc3ccc4c(c3)CCN(C(=O)OC(C)(C)C)C4)n2)c(-c2cccnc2)n1. The molecule has 0 radical (unpaired) electrons. The quantitative estimate of drug-likeness (QED) is 0.372. The molecule has 0 atom stereocenters. The summed E-state index contributed by atoms with van der Waals surface area (Å²) in [6, 6.07) is 12.3. The Hall–Kier alpha value is -4.07. The minimum atomic E-state index is -0.496. The van der Waals surface area contributed by atoms with Gasteiger partial charge in [0.15, 0.2) is 0 Å². The highest BCUT2D eigenvalue weighted by Gasteiger charge is 2.26. The maximum atomic E-state index is 12.5. The van der Waals surface area contributed by atoms with E-state index in [9.17, 15) is 4.79 Å². The van der Waals surface area contributed by atoms with E-state index < -0.39 is 5.60 Å². The predicted molar refractivity (Wildman–Crippen MR) is 142 cm³/mol. The van der Waals surface area contributed by atoms with Crippen LogP contribution in [-0.4, -0.2) is 47.9 Å².